The van der Waals surface area contributed by atoms with E-state index in [-0.39, 0.29) is 6.29 Å². The Morgan fingerprint density at radius 3 is 2.64 bits per heavy atom. The molecule has 0 aliphatic carbocycles. The molecule has 6 heteroatoms. The summed E-state index contributed by atoms with van der Waals surface area (Å²) >= 11 is 0. The maximum absolute atomic E-state index is 12.7. The van der Waals surface area contributed by atoms with Crippen LogP contribution in [0.2, 0.25) is 0 Å². The Morgan fingerprint density at radius 1 is 1.57 bits per heavy atom. The van der Waals surface area contributed by atoms with Crippen LogP contribution in [-0.2, 0) is 0 Å². The molecular weight excluding hydrogens is 199 g/mol. The third kappa shape index (κ3) is 1.84. The van der Waals surface area contributed by atoms with E-state index in [1.54, 1.807) is 0 Å². The molecule has 76 valence electrons. The molecule has 3 nitrogen and oxygen atoms in total. The fourth-order valence-electron chi connectivity index (χ4n) is 0.974. The maximum atomic E-state index is 12.7. The van der Waals surface area contributed by atoms with Crippen LogP contribution >= 0.6 is 0 Å². The minimum absolute atomic E-state index is 0.159. The smallest absolute Gasteiger partial charge is 0.264 e. The number of carbonyl (C=O) groups is 1. The topological polar surface area (TPSA) is 39.2 Å². The van der Waals surface area contributed by atoms with Crippen LogP contribution in [0.5, 0.6) is 5.88 Å². The number of hydrogen-bond acceptors (Lipinski definition) is 3. The monoisotopic (exact) mass is 205 g/mol. The van der Waals surface area contributed by atoms with E-state index < -0.39 is 29.4 Å². The quantitative estimate of drug-likeness (QED) is 0.559. The number of methoxy groups -OCH3 is 1. The van der Waals surface area contributed by atoms with Crippen LogP contribution in [-0.4, -0.2) is 18.4 Å². The lowest BCUT2D eigenvalue weighted by Crippen LogP contribution is -2.02. The fourth-order valence-corrected chi connectivity index (χ4v) is 0.974. The molecule has 0 radical (unpaired) electrons. The summed E-state index contributed by atoms with van der Waals surface area (Å²) in [5, 5.41) is 0. The van der Waals surface area contributed by atoms with E-state index in [2.05, 4.69) is 9.72 Å². The predicted molar refractivity (Wildman–Crippen MR) is 41.1 cm³/mol. The van der Waals surface area contributed by atoms with Gasteiger partial charge in [0.05, 0.1) is 12.7 Å². The van der Waals surface area contributed by atoms with Gasteiger partial charge in [-0.25, -0.2) is 8.78 Å². The van der Waals surface area contributed by atoms with Gasteiger partial charge in [-0.2, -0.15) is 9.37 Å². The number of aromatic nitrogens is 1. The normalized spacial score (nSPS) is 10.4. The Hall–Kier alpha value is -1.59. The van der Waals surface area contributed by atoms with Gasteiger partial charge in [0.15, 0.2) is 6.29 Å². The minimum atomic E-state index is -2.94. The van der Waals surface area contributed by atoms with E-state index in [0.29, 0.717) is 6.07 Å². The average molecular weight is 205 g/mol. The molecule has 0 bridgehead atoms. The summed E-state index contributed by atoms with van der Waals surface area (Å²) in [6, 6.07) is 0.511. The predicted octanol–water partition coefficient (Wildman–Crippen LogP) is 1.98. The number of rotatable bonds is 3. The number of carbonyl (C=O) groups excluding carboxylic acids is 1. The van der Waals surface area contributed by atoms with Gasteiger partial charge < -0.3 is 4.74 Å². The lowest BCUT2D eigenvalue weighted by molar-refractivity contribution is 0.110. The lowest BCUT2D eigenvalue weighted by Gasteiger charge is -2.07. The van der Waals surface area contributed by atoms with Crippen LogP contribution in [0.4, 0.5) is 13.2 Å². The standard InChI is InChI=1S/C8H6F3NO2/c1-14-8-5(3-13)4(7(10)11)2-6(9)12-8/h2-3,7H,1H3. The molecule has 0 spiro atoms. The Labute approximate surface area is 77.5 Å². The number of halogens is 3. The van der Waals surface area contributed by atoms with Crippen LogP contribution in [0.15, 0.2) is 6.07 Å². The lowest BCUT2D eigenvalue weighted by atomic mass is 10.1. The highest BCUT2D eigenvalue weighted by atomic mass is 19.3. The van der Waals surface area contributed by atoms with Gasteiger partial charge in [0, 0.05) is 11.6 Å². The number of hydrogen-bond donors (Lipinski definition) is 0. The van der Waals surface area contributed by atoms with Crippen LogP contribution in [0, 0.1) is 5.95 Å². The molecule has 0 atom stereocenters. The van der Waals surface area contributed by atoms with Gasteiger partial charge in [-0.05, 0) is 0 Å². The number of alkyl halides is 2. The van der Waals surface area contributed by atoms with Crippen LogP contribution in [0.1, 0.15) is 22.3 Å². The van der Waals surface area contributed by atoms with Crippen molar-refractivity contribution >= 4 is 6.29 Å². The molecule has 0 amide bonds. The summed E-state index contributed by atoms with van der Waals surface area (Å²) in [7, 11) is 1.12. The second-order valence-electron chi connectivity index (χ2n) is 2.38. The summed E-state index contributed by atoms with van der Waals surface area (Å²) in [6.45, 7) is 0. The number of ether oxygens (including phenoxy) is 1. The fraction of sp³-hybridized carbons (Fsp3) is 0.250. The minimum Gasteiger partial charge on any atom is -0.480 e. The molecule has 1 rings (SSSR count). The molecule has 1 heterocycles. The van der Waals surface area contributed by atoms with E-state index in [1.165, 1.54) is 0 Å². The van der Waals surface area contributed by atoms with E-state index in [9.17, 15) is 18.0 Å². The molecule has 0 aromatic carbocycles. The van der Waals surface area contributed by atoms with E-state index in [4.69, 9.17) is 0 Å². The highest BCUT2D eigenvalue weighted by molar-refractivity contribution is 5.80. The summed E-state index contributed by atoms with van der Waals surface area (Å²) in [5.41, 5.74) is -1.15. The largest absolute Gasteiger partial charge is 0.480 e. The molecule has 0 saturated carbocycles. The number of nitrogens with zero attached hydrogens (tertiary/aromatic N) is 1. The molecule has 0 aliphatic rings. The van der Waals surface area contributed by atoms with Gasteiger partial charge in [-0.15, -0.1) is 0 Å². The van der Waals surface area contributed by atoms with Crippen molar-refractivity contribution < 1.29 is 22.7 Å². The van der Waals surface area contributed by atoms with Gasteiger partial charge in [-0.3, -0.25) is 4.79 Å². The van der Waals surface area contributed by atoms with Gasteiger partial charge in [0.25, 0.3) is 6.43 Å². The van der Waals surface area contributed by atoms with Crippen LogP contribution in [0.25, 0.3) is 0 Å². The third-order valence-corrected chi connectivity index (χ3v) is 1.57. The molecule has 0 fully saturated rings. The van der Waals surface area contributed by atoms with Crippen molar-refractivity contribution in [3.63, 3.8) is 0 Å². The Kier molecular flexibility index (Phi) is 3.06. The SMILES string of the molecule is COc1nc(F)cc(C(F)F)c1C=O. The first kappa shape index (κ1) is 10.5. The molecule has 0 saturated heterocycles. The Bertz CT molecular complexity index is 355. The molecule has 14 heavy (non-hydrogen) atoms. The van der Waals surface area contributed by atoms with Crippen molar-refractivity contribution in [1.29, 1.82) is 0 Å². The molecule has 0 N–H and O–H groups in total. The Balaban J connectivity index is 3.39. The first-order chi connectivity index (χ1) is 6.60. The molecule has 0 unspecified atom stereocenters. The number of aldehydes is 1. The summed E-state index contributed by atoms with van der Waals surface area (Å²) in [4.78, 5) is 13.6. The van der Waals surface area contributed by atoms with Gasteiger partial charge in [0.2, 0.25) is 11.8 Å². The van der Waals surface area contributed by atoms with E-state index in [1.807, 2.05) is 0 Å². The summed E-state index contributed by atoms with van der Waals surface area (Å²) < 4.78 is 41.7. The number of pyridine rings is 1. The first-order valence-corrected chi connectivity index (χ1v) is 3.58. The Morgan fingerprint density at radius 2 is 2.21 bits per heavy atom. The molecular formula is C8H6F3NO2. The van der Waals surface area contributed by atoms with Crippen molar-refractivity contribution in [2.45, 2.75) is 6.43 Å². The third-order valence-electron chi connectivity index (χ3n) is 1.57. The summed E-state index contributed by atoms with van der Waals surface area (Å²) in [5.74, 6) is -1.54. The first-order valence-electron chi connectivity index (χ1n) is 3.58. The van der Waals surface area contributed by atoms with Crippen molar-refractivity contribution in [3.8, 4) is 5.88 Å². The van der Waals surface area contributed by atoms with E-state index >= 15 is 0 Å². The maximum Gasteiger partial charge on any atom is 0.264 e. The van der Waals surface area contributed by atoms with Crippen LogP contribution in [0.3, 0.4) is 0 Å². The zero-order chi connectivity index (χ0) is 10.7. The van der Waals surface area contributed by atoms with Crippen molar-refractivity contribution in [2.24, 2.45) is 0 Å². The van der Waals surface area contributed by atoms with Crippen molar-refractivity contribution in [3.05, 3.63) is 23.1 Å². The van der Waals surface area contributed by atoms with Gasteiger partial charge >= 0.3 is 0 Å². The van der Waals surface area contributed by atoms with E-state index in [0.717, 1.165) is 7.11 Å². The summed E-state index contributed by atoms with van der Waals surface area (Å²) in [6.07, 6.45) is -2.78. The van der Waals surface area contributed by atoms with Gasteiger partial charge in [-0.1, -0.05) is 0 Å². The second-order valence-corrected chi connectivity index (χ2v) is 2.38. The van der Waals surface area contributed by atoms with Crippen molar-refractivity contribution in [2.75, 3.05) is 7.11 Å². The highest BCUT2D eigenvalue weighted by Gasteiger charge is 2.19. The average Bonchev–Trinajstić information content (AvgIpc) is 2.16. The van der Waals surface area contributed by atoms with Gasteiger partial charge in [0.1, 0.15) is 0 Å². The molecule has 0 aliphatic heterocycles. The second kappa shape index (κ2) is 4.08. The molecule has 1 aromatic rings. The van der Waals surface area contributed by atoms with Crippen molar-refractivity contribution in [1.82, 2.24) is 4.98 Å². The highest BCUT2D eigenvalue weighted by Crippen LogP contribution is 2.27. The van der Waals surface area contributed by atoms with Crippen LogP contribution < -0.4 is 4.74 Å². The zero-order valence-corrected chi connectivity index (χ0v) is 7.13. The molecule has 1 aromatic heterocycles. The zero-order valence-electron chi connectivity index (χ0n) is 7.13.